The van der Waals surface area contributed by atoms with Gasteiger partial charge in [0.15, 0.2) is 6.61 Å². The van der Waals surface area contributed by atoms with Gasteiger partial charge in [-0.05, 0) is 58.6 Å². The highest BCUT2D eigenvalue weighted by molar-refractivity contribution is 9.10. The lowest BCUT2D eigenvalue weighted by Gasteiger charge is -2.43. The number of carbonyl (C=O) groups is 1. The molecule has 0 radical (unpaired) electrons. The molecule has 4 atom stereocenters. The third-order valence-electron chi connectivity index (χ3n) is 6.24. The summed E-state index contributed by atoms with van der Waals surface area (Å²) in [4.78, 5) is 11.2. The van der Waals surface area contributed by atoms with Crippen LogP contribution in [0.4, 0.5) is 0 Å². The third-order valence-corrected chi connectivity index (χ3v) is 7.11. The van der Waals surface area contributed by atoms with E-state index in [-0.39, 0.29) is 24.0 Å². The van der Waals surface area contributed by atoms with Crippen molar-refractivity contribution >= 4 is 33.5 Å². The zero-order valence-electron chi connectivity index (χ0n) is 18.8. The van der Waals surface area contributed by atoms with Crippen molar-refractivity contribution in [3.63, 3.8) is 0 Å². The molecule has 0 spiro atoms. The molecule has 4 rings (SSSR count). The number of hydrogen-bond donors (Lipinski definition) is 1. The molecule has 1 N–H and O–H groups in total. The maximum Gasteiger partial charge on any atom is 0.341 e. The van der Waals surface area contributed by atoms with Crippen LogP contribution < -0.4 is 4.74 Å². The van der Waals surface area contributed by atoms with E-state index in [0.717, 1.165) is 23.1 Å². The van der Waals surface area contributed by atoms with Gasteiger partial charge in [0.1, 0.15) is 5.75 Å². The zero-order chi connectivity index (χ0) is 24.2. The fourth-order valence-electron chi connectivity index (χ4n) is 4.63. The van der Waals surface area contributed by atoms with Crippen molar-refractivity contribution in [2.45, 2.75) is 31.5 Å². The molecule has 0 bridgehead atoms. The first-order valence-corrected chi connectivity index (χ1v) is 12.3. The fraction of sp³-hybridized carbons (Fsp3) is 0.250. The molecule has 1 saturated heterocycles. The summed E-state index contributed by atoms with van der Waals surface area (Å²) in [7, 11) is 0. The van der Waals surface area contributed by atoms with Crippen LogP contribution in [0.5, 0.6) is 5.75 Å². The highest BCUT2D eigenvalue weighted by atomic mass is 79.9. The predicted molar refractivity (Wildman–Crippen MR) is 137 cm³/mol. The molecule has 3 aromatic rings. The minimum atomic E-state index is -1.04. The molecular formula is C28H26BrClO4. The number of halogens is 2. The van der Waals surface area contributed by atoms with Gasteiger partial charge in [0, 0.05) is 22.4 Å². The molecule has 0 aliphatic carbocycles. The Balaban J connectivity index is 1.80. The van der Waals surface area contributed by atoms with Crippen LogP contribution in [0.25, 0.3) is 0 Å². The summed E-state index contributed by atoms with van der Waals surface area (Å²) in [5.74, 6) is -0.439. The molecule has 176 valence electrons. The first-order valence-electron chi connectivity index (χ1n) is 11.1. The van der Waals surface area contributed by atoms with E-state index in [0.29, 0.717) is 15.2 Å². The van der Waals surface area contributed by atoms with Crippen LogP contribution in [-0.2, 0) is 9.53 Å². The summed E-state index contributed by atoms with van der Waals surface area (Å²) in [6, 6.07) is 23.8. The van der Waals surface area contributed by atoms with E-state index in [1.165, 1.54) is 5.56 Å². The van der Waals surface area contributed by atoms with Crippen molar-refractivity contribution in [2.24, 2.45) is 5.92 Å². The smallest absolute Gasteiger partial charge is 0.341 e. The molecule has 4 nitrogen and oxygen atoms in total. The van der Waals surface area contributed by atoms with Crippen LogP contribution in [0.1, 0.15) is 48.2 Å². The number of rotatable bonds is 7. The fourth-order valence-corrected chi connectivity index (χ4v) is 5.25. The lowest BCUT2D eigenvalue weighted by Crippen LogP contribution is -2.32. The maximum atomic E-state index is 11.2. The maximum absolute atomic E-state index is 11.2. The number of para-hydroxylation sites is 1. The minimum Gasteiger partial charge on any atom is -0.480 e. The molecule has 0 aromatic heterocycles. The number of aliphatic carboxylic acids is 1. The van der Waals surface area contributed by atoms with E-state index >= 15 is 0 Å². The number of ether oxygens (including phenoxy) is 2. The molecular weight excluding hydrogens is 516 g/mol. The third kappa shape index (κ3) is 5.38. The van der Waals surface area contributed by atoms with Gasteiger partial charge in [-0.15, -0.1) is 0 Å². The van der Waals surface area contributed by atoms with E-state index in [1.807, 2.05) is 67.6 Å². The Morgan fingerprint density at radius 1 is 1.06 bits per heavy atom. The summed E-state index contributed by atoms with van der Waals surface area (Å²) in [5, 5.41) is 9.85. The first-order chi connectivity index (χ1) is 16.3. The molecule has 34 heavy (non-hydrogen) atoms. The average Bonchev–Trinajstić information content (AvgIpc) is 2.83. The van der Waals surface area contributed by atoms with Gasteiger partial charge in [-0.2, -0.15) is 0 Å². The summed E-state index contributed by atoms with van der Waals surface area (Å²) < 4.78 is 13.3. The molecule has 1 heterocycles. The molecule has 0 unspecified atom stereocenters. The van der Waals surface area contributed by atoms with Crippen molar-refractivity contribution < 1.29 is 19.4 Å². The van der Waals surface area contributed by atoms with Gasteiger partial charge in [-0.25, -0.2) is 4.79 Å². The Hall–Kier alpha value is -2.60. The summed E-state index contributed by atoms with van der Waals surface area (Å²) in [6.07, 6.45) is 0.230. The van der Waals surface area contributed by atoms with Gasteiger partial charge in [0.2, 0.25) is 0 Å². The van der Waals surface area contributed by atoms with Gasteiger partial charge < -0.3 is 14.6 Å². The molecule has 1 aliphatic heterocycles. The summed E-state index contributed by atoms with van der Waals surface area (Å²) in [6.45, 7) is 5.85. The Kier molecular flexibility index (Phi) is 7.77. The Labute approximate surface area is 213 Å². The largest absolute Gasteiger partial charge is 0.480 e. The van der Waals surface area contributed by atoms with Crippen molar-refractivity contribution in [3.8, 4) is 5.75 Å². The number of hydrogen-bond acceptors (Lipinski definition) is 3. The van der Waals surface area contributed by atoms with E-state index in [4.69, 9.17) is 21.1 Å². The topological polar surface area (TPSA) is 55.8 Å². The van der Waals surface area contributed by atoms with Crippen molar-refractivity contribution in [1.29, 1.82) is 0 Å². The van der Waals surface area contributed by atoms with E-state index in [1.54, 1.807) is 0 Å². The van der Waals surface area contributed by atoms with Crippen LogP contribution in [0.2, 0.25) is 5.02 Å². The van der Waals surface area contributed by atoms with Crippen LogP contribution in [0, 0.1) is 5.92 Å². The van der Waals surface area contributed by atoms with Crippen LogP contribution in [0.15, 0.2) is 89.4 Å². The van der Waals surface area contributed by atoms with Crippen LogP contribution in [-0.4, -0.2) is 17.7 Å². The summed E-state index contributed by atoms with van der Waals surface area (Å²) in [5.41, 5.74) is 4.04. The predicted octanol–water partition coefficient (Wildman–Crippen LogP) is 7.74. The highest BCUT2D eigenvalue weighted by Gasteiger charge is 2.41. The lowest BCUT2D eigenvalue weighted by atomic mass is 9.74. The van der Waals surface area contributed by atoms with E-state index in [9.17, 15) is 9.90 Å². The van der Waals surface area contributed by atoms with Crippen molar-refractivity contribution in [3.05, 3.63) is 111 Å². The second kappa shape index (κ2) is 10.8. The molecule has 0 amide bonds. The quantitative estimate of drug-likeness (QED) is 0.311. The SMILES string of the molecule is C=C(C)[C@H]1C[C@H](c2ccccc2)[C@H](c2ccc(Cl)cc2)O[C@@H]1c1cccc(Br)c1OCC(=O)O. The average molecular weight is 542 g/mol. The number of benzene rings is 3. The van der Waals surface area contributed by atoms with Crippen molar-refractivity contribution in [2.75, 3.05) is 6.61 Å². The molecule has 1 fully saturated rings. The van der Waals surface area contributed by atoms with Gasteiger partial charge >= 0.3 is 5.97 Å². The lowest BCUT2D eigenvalue weighted by molar-refractivity contribution is -0.139. The molecule has 3 aromatic carbocycles. The van der Waals surface area contributed by atoms with Gasteiger partial charge in [0.25, 0.3) is 0 Å². The molecule has 0 saturated carbocycles. The number of carboxylic acid groups (broad SMARTS) is 1. The van der Waals surface area contributed by atoms with Gasteiger partial charge in [-0.3, -0.25) is 0 Å². The second-order valence-corrected chi connectivity index (χ2v) is 9.87. The second-order valence-electron chi connectivity index (χ2n) is 8.58. The normalized spacial score (nSPS) is 22.2. The van der Waals surface area contributed by atoms with Crippen molar-refractivity contribution in [1.82, 2.24) is 0 Å². The highest BCUT2D eigenvalue weighted by Crippen LogP contribution is 2.53. The Morgan fingerprint density at radius 3 is 2.41 bits per heavy atom. The van der Waals surface area contributed by atoms with Gasteiger partial charge in [-0.1, -0.05) is 78.4 Å². The summed E-state index contributed by atoms with van der Waals surface area (Å²) >= 11 is 9.70. The van der Waals surface area contributed by atoms with E-state index < -0.39 is 12.6 Å². The van der Waals surface area contributed by atoms with Crippen LogP contribution >= 0.6 is 27.5 Å². The zero-order valence-corrected chi connectivity index (χ0v) is 21.1. The minimum absolute atomic E-state index is 0.00948. The first kappa shape index (κ1) is 24.5. The standard InChI is InChI=1S/C28H26BrClO4/c1-17(2)22-15-23(18-7-4-3-5-8-18)26(19-11-13-20(30)14-12-19)34-27(22)21-9-6-10-24(29)28(21)33-16-25(31)32/h3-14,22-23,26-27H,1,15-16H2,2H3,(H,31,32)/t22-,23-,26+,27-/m1/s1. The number of carboxylic acids is 1. The Morgan fingerprint density at radius 2 is 1.76 bits per heavy atom. The van der Waals surface area contributed by atoms with Crippen LogP contribution in [0.3, 0.4) is 0 Å². The Bertz CT molecular complexity index is 1160. The monoisotopic (exact) mass is 540 g/mol. The van der Waals surface area contributed by atoms with E-state index in [2.05, 4.69) is 34.6 Å². The molecule has 6 heteroatoms. The van der Waals surface area contributed by atoms with Gasteiger partial charge in [0.05, 0.1) is 16.7 Å². The molecule has 1 aliphatic rings.